The molecule has 0 saturated carbocycles. The van der Waals surface area contributed by atoms with Crippen molar-refractivity contribution in [1.29, 1.82) is 0 Å². The number of morpholine rings is 1. The molecule has 12 heteroatoms. The van der Waals surface area contributed by atoms with Gasteiger partial charge >= 0.3 is 6.09 Å². The van der Waals surface area contributed by atoms with E-state index in [4.69, 9.17) is 14.5 Å². The molecule has 0 aromatic carbocycles. The highest BCUT2D eigenvalue weighted by atomic mass is 32.2. The molecular formula is C24H29N7O3S2. The number of ether oxygens (including phenoxy) is 2. The molecule has 3 aromatic rings. The number of anilines is 3. The number of carbonyl (C=O) groups is 1. The van der Waals surface area contributed by atoms with Gasteiger partial charge in [-0.15, -0.1) is 10.2 Å². The van der Waals surface area contributed by atoms with Crippen molar-refractivity contribution in [2.45, 2.75) is 30.0 Å². The van der Waals surface area contributed by atoms with Crippen LogP contribution in [0, 0.1) is 0 Å². The number of pyridine rings is 2. The molecule has 1 aliphatic rings. The van der Waals surface area contributed by atoms with Crippen LogP contribution >= 0.6 is 23.1 Å². The van der Waals surface area contributed by atoms with Crippen molar-refractivity contribution in [3.05, 3.63) is 59.4 Å². The zero-order chi connectivity index (χ0) is 25.2. The molecular weight excluding hydrogens is 498 g/mol. The molecule has 4 rings (SSSR count). The molecule has 1 amide bonds. The lowest BCUT2D eigenvalue weighted by Crippen LogP contribution is -2.36. The first-order valence-electron chi connectivity index (χ1n) is 11.6. The van der Waals surface area contributed by atoms with E-state index in [0.717, 1.165) is 51.6 Å². The molecule has 0 unspecified atom stereocenters. The van der Waals surface area contributed by atoms with Crippen molar-refractivity contribution in [2.24, 2.45) is 0 Å². The average molecular weight is 528 g/mol. The number of rotatable bonds is 11. The number of aromatic nitrogens is 4. The Hall–Kier alpha value is -3.22. The van der Waals surface area contributed by atoms with Crippen LogP contribution in [0.15, 0.2) is 47.5 Å². The molecule has 4 heterocycles. The predicted molar refractivity (Wildman–Crippen MR) is 143 cm³/mol. The summed E-state index contributed by atoms with van der Waals surface area (Å²) in [5.74, 6) is 1.89. The van der Waals surface area contributed by atoms with Gasteiger partial charge in [0.2, 0.25) is 0 Å². The van der Waals surface area contributed by atoms with Crippen LogP contribution in [0.5, 0.6) is 0 Å². The van der Waals surface area contributed by atoms with Gasteiger partial charge in [-0.3, -0.25) is 5.32 Å². The molecule has 0 bridgehead atoms. The second-order valence-corrected chi connectivity index (χ2v) is 10.1. The summed E-state index contributed by atoms with van der Waals surface area (Å²) in [4.78, 5) is 23.1. The SMILES string of the molecule is C=CCOC(=O)Nc1cc(CNc2cc(N3CCOCC3)cc(CSc3nnc(CC)s3)n2)ccn1. The van der Waals surface area contributed by atoms with E-state index in [9.17, 15) is 4.79 Å². The van der Waals surface area contributed by atoms with E-state index >= 15 is 0 Å². The van der Waals surface area contributed by atoms with Gasteiger partial charge in [-0.25, -0.2) is 14.8 Å². The third-order valence-corrected chi connectivity index (χ3v) is 7.43. The van der Waals surface area contributed by atoms with Crippen molar-refractivity contribution in [3.8, 4) is 0 Å². The van der Waals surface area contributed by atoms with Gasteiger partial charge in [0.25, 0.3) is 0 Å². The fraction of sp³-hybridized carbons (Fsp3) is 0.375. The second kappa shape index (κ2) is 13.2. The fourth-order valence-corrected chi connectivity index (χ4v) is 5.16. The highest BCUT2D eigenvalue weighted by Crippen LogP contribution is 2.29. The van der Waals surface area contributed by atoms with Crippen molar-refractivity contribution >= 4 is 46.5 Å². The van der Waals surface area contributed by atoms with Gasteiger partial charge in [0.05, 0.1) is 18.9 Å². The molecule has 2 N–H and O–H groups in total. The van der Waals surface area contributed by atoms with E-state index in [1.807, 2.05) is 6.07 Å². The standard InChI is InChI=1S/C24H29N7O3S2/c1-3-9-34-23(32)28-20-12-17(5-6-25-20)15-26-21-14-19(31-7-10-33-11-8-31)13-18(27-21)16-35-24-30-29-22(4-2)36-24/h3,5-6,12-14H,1,4,7-11,15-16H2,2H3,(H,26,27)(H,25,28,32). The third-order valence-electron chi connectivity index (χ3n) is 5.19. The van der Waals surface area contributed by atoms with Gasteiger partial charge in [-0.2, -0.15) is 0 Å². The summed E-state index contributed by atoms with van der Waals surface area (Å²) in [6.45, 7) is 9.36. The summed E-state index contributed by atoms with van der Waals surface area (Å²) in [5, 5.41) is 15.6. The summed E-state index contributed by atoms with van der Waals surface area (Å²) in [5.41, 5.74) is 3.02. The minimum absolute atomic E-state index is 0.137. The fourth-order valence-electron chi connectivity index (χ4n) is 3.44. The lowest BCUT2D eigenvalue weighted by molar-refractivity contribution is 0.122. The van der Waals surface area contributed by atoms with E-state index in [0.29, 0.717) is 31.3 Å². The van der Waals surface area contributed by atoms with Gasteiger partial charge < -0.3 is 19.7 Å². The lowest BCUT2D eigenvalue weighted by atomic mass is 10.2. The summed E-state index contributed by atoms with van der Waals surface area (Å²) in [6.07, 6.45) is 3.47. The van der Waals surface area contributed by atoms with E-state index in [1.165, 1.54) is 6.08 Å². The van der Waals surface area contributed by atoms with Crippen LogP contribution in [0.25, 0.3) is 0 Å². The summed E-state index contributed by atoms with van der Waals surface area (Å²) in [6, 6.07) is 7.88. The predicted octanol–water partition coefficient (Wildman–Crippen LogP) is 4.37. The topological polar surface area (TPSA) is 114 Å². The van der Waals surface area contributed by atoms with Crippen LogP contribution in [0.1, 0.15) is 23.2 Å². The maximum Gasteiger partial charge on any atom is 0.413 e. The first-order valence-corrected chi connectivity index (χ1v) is 13.5. The Morgan fingerprint density at radius 1 is 1.28 bits per heavy atom. The van der Waals surface area contributed by atoms with Crippen LogP contribution in [-0.4, -0.2) is 59.2 Å². The first-order chi connectivity index (χ1) is 17.6. The quantitative estimate of drug-likeness (QED) is 0.275. The van der Waals surface area contributed by atoms with E-state index < -0.39 is 6.09 Å². The molecule has 190 valence electrons. The number of carbonyl (C=O) groups excluding carboxylic acids is 1. The van der Waals surface area contributed by atoms with Gasteiger partial charge in [0.1, 0.15) is 23.3 Å². The molecule has 1 aliphatic heterocycles. The van der Waals surface area contributed by atoms with Crippen molar-refractivity contribution in [1.82, 2.24) is 20.2 Å². The monoisotopic (exact) mass is 527 g/mol. The molecule has 36 heavy (non-hydrogen) atoms. The third kappa shape index (κ3) is 7.64. The molecule has 1 fully saturated rings. The Labute approximate surface area is 218 Å². The van der Waals surface area contributed by atoms with Gasteiger partial charge in [-0.05, 0) is 30.2 Å². The number of amides is 1. The molecule has 1 saturated heterocycles. The smallest absolute Gasteiger partial charge is 0.413 e. The summed E-state index contributed by atoms with van der Waals surface area (Å²) in [7, 11) is 0. The van der Waals surface area contributed by atoms with Crippen LogP contribution in [0.4, 0.5) is 22.1 Å². The van der Waals surface area contributed by atoms with E-state index in [1.54, 1.807) is 35.4 Å². The zero-order valence-corrected chi connectivity index (χ0v) is 21.7. The molecule has 3 aromatic heterocycles. The highest BCUT2D eigenvalue weighted by Gasteiger charge is 2.15. The van der Waals surface area contributed by atoms with Crippen LogP contribution in [0.3, 0.4) is 0 Å². The summed E-state index contributed by atoms with van der Waals surface area (Å²) < 4.78 is 11.4. The Morgan fingerprint density at radius 2 is 2.14 bits per heavy atom. The van der Waals surface area contributed by atoms with E-state index in [-0.39, 0.29) is 6.61 Å². The van der Waals surface area contributed by atoms with Crippen LogP contribution < -0.4 is 15.5 Å². The minimum atomic E-state index is -0.573. The van der Waals surface area contributed by atoms with Crippen molar-refractivity contribution in [3.63, 3.8) is 0 Å². The highest BCUT2D eigenvalue weighted by molar-refractivity contribution is 8.00. The Balaban J connectivity index is 1.45. The maximum atomic E-state index is 11.8. The Bertz CT molecular complexity index is 1170. The zero-order valence-electron chi connectivity index (χ0n) is 20.1. The Kier molecular flexibility index (Phi) is 9.47. The largest absolute Gasteiger partial charge is 0.445 e. The second-order valence-electron chi connectivity index (χ2n) is 7.82. The van der Waals surface area contributed by atoms with E-state index in [2.05, 4.69) is 56.4 Å². The lowest BCUT2D eigenvalue weighted by Gasteiger charge is -2.29. The molecule has 0 radical (unpaired) electrons. The molecule has 0 atom stereocenters. The number of hydrogen-bond donors (Lipinski definition) is 2. The maximum absolute atomic E-state index is 11.8. The molecule has 0 spiro atoms. The minimum Gasteiger partial charge on any atom is -0.445 e. The number of hydrogen-bond acceptors (Lipinski definition) is 11. The van der Waals surface area contributed by atoms with Crippen LogP contribution in [0.2, 0.25) is 0 Å². The first kappa shape index (κ1) is 25.9. The van der Waals surface area contributed by atoms with Gasteiger partial charge in [0.15, 0.2) is 4.34 Å². The van der Waals surface area contributed by atoms with Gasteiger partial charge in [0, 0.05) is 43.3 Å². The number of nitrogens with one attached hydrogen (secondary N) is 2. The normalized spacial score (nSPS) is 13.3. The van der Waals surface area contributed by atoms with Crippen LogP contribution in [-0.2, 0) is 28.2 Å². The average Bonchev–Trinajstić information content (AvgIpc) is 3.38. The molecule has 0 aliphatic carbocycles. The van der Waals surface area contributed by atoms with Crippen molar-refractivity contribution < 1.29 is 14.3 Å². The van der Waals surface area contributed by atoms with Crippen molar-refractivity contribution in [2.75, 3.05) is 48.4 Å². The Morgan fingerprint density at radius 3 is 2.92 bits per heavy atom. The van der Waals surface area contributed by atoms with Gasteiger partial charge in [-0.1, -0.05) is 42.7 Å². The number of aryl methyl sites for hydroxylation is 1. The molecule has 10 nitrogen and oxygen atoms in total. The summed E-state index contributed by atoms with van der Waals surface area (Å²) >= 11 is 3.27. The number of thioether (sulfide) groups is 1. The number of nitrogens with zero attached hydrogens (tertiary/aromatic N) is 5.